The van der Waals surface area contributed by atoms with Crippen molar-refractivity contribution in [2.24, 2.45) is 5.90 Å². The fourth-order valence-corrected chi connectivity index (χ4v) is 2.60. The second kappa shape index (κ2) is 2.83. The molecule has 2 N–H and O–H groups in total. The Hall–Kier alpha value is -0.380. The van der Waals surface area contributed by atoms with Gasteiger partial charge in [-0.1, -0.05) is 12.2 Å². The molecule has 12 heavy (non-hydrogen) atoms. The van der Waals surface area contributed by atoms with Crippen LogP contribution < -0.4 is 5.90 Å². The highest BCUT2D eigenvalue weighted by atomic mass is 16.6. The highest BCUT2D eigenvalue weighted by Gasteiger charge is 2.45. The Morgan fingerprint density at radius 1 is 1.67 bits per heavy atom. The molecule has 0 bridgehead atoms. The molecular formula is C9H16N2O. The SMILES string of the molecule is C=C1CN2CCCC2(CON)C1. The molecule has 2 aliphatic heterocycles. The summed E-state index contributed by atoms with van der Waals surface area (Å²) < 4.78 is 0. The maximum absolute atomic E-state index is 5.15. The Morgan fingerprint density at radius 3 is 3.25 bits per heavy atom. The lowest BCUT2D eigenvalue weighted by Gasteiger charge is -2.29. The van der Waals surface area contributed by atoms with Gasteiger partial charge in [0.15, 0.2) is 0 Å². The van der Waals surface area contributed by atoms with Crippen molar-refractivity contribution in [3.63, 3.8) is 0 Å². The van der Waals surface area contributed by atoms with E-state index in [2.05, 4.69) is 11.5 Å². The molecule has 2 heterocycles. The molecule has 2 rings (SSSR count). The third-order valence-corrected chi connectivity index (χ3v) is 3.09. The van der Waals surface area contributed by atoms with E-state index < -0.39 is 0 Å². The van der Waals surface area contributed by atoms with Gasteiger partial charge in [0.25, 0.3) is 0 Å². The standard InChI is InChI=1S/C9H16N2O/c1-8-5-9(7-12-10)3-2-4-11(9)6-8/h1-7,10H2. The number of hydrogen-bond acceptors (Lipinski definition) is 3. The third kappa shape index (κ3) is 1.09. The van der Waals surface area contributed by atoms with Crippen LogP contribution in [-0.2, 0) is 4.84 Å². The van der Waals surface area contributed by atoms with E-state index in [0.29, 0.717) is 6.61 Å². The summed E-state index contributed by atoms with van der Waals surface area (Å²) in [5.41, 5.74) is 1.54. The van der Waals surface area contributed by atoms with Crippen LogP contribution in [0.3, 0.4) is 0 Å². The summed E-state index contributed by atoms with van der Waals surface area (Å²) >= 11 is 0. The van der Waals surface area contributed by atoms with Crippen molar-refractivity contribution < 1.29 is 4.84 Å². The number of nitrogens with zero attached hydrogens (tertiary/aromatic N) is 1. The van der Waals surface area contributed by atoms with Gasteiger partial charge in [-0.15, -0.1) is 0 Å². The molecule has 0 radical (unpaired) electrons. The summed E-state index contributed by atoms with van der Waals surface area (Å²) in [6.07, 6.45) is 3.56. The largest absolute Gasteiger partial charge is 0.303 e. The van der Waals surface area contributed by atoms with E-state index in [-0.39, 0.29) is 5.54 Å². The molecule has 3 nitrogen and oxygen atoms in total. The van der Waals surface area contributed by atoms with Crippen LogP contribution in [0.2, 0.25) is 0 Å². The van der Waals surface area contributed by atoms with Gasteiger partial charge in [-0.25, -0.2) is 5.90 Å². The fourth-order valence-electron chi connectivity index (χ4n) is 2.60. The summed E-state index contributed by atoms with van der Waals surface area (Å²) in [5, 5.41) is 0. The van der Waals surface area contributed by atoms with E-state index in [9.17, 15) is 0 Å². The van der Waals surface area contributed by atoms with Gasteiger partial charge in [-0.3, -0.25) is 4.90 Å². The van der Waals surface area contributed by atoms with E-state index in [4.69, 9.17) is 10.7 Å². The van der Waals surface area contributed by atoms with E-state index in [0.717, 1.165) is 13.0 Å². The van der Waals surface area contributed by atoms with Gasteiger partial charge < -0.3 is 4.84 Å². The van der Waals surface area contributed by atoms with Crippen LogP contribution in [-0.4, -0.2) is 30.1 Å². The molecule has 2 fully saturated rings. The summed E-state index contributed by atoms with van der Waals surface area (Å²) in [6.45, 7) is 6.91. The van der Waals surface area contributed by atoms with Crippen LogP contribution in [0.5, 0.6) is 0 Å². The first kappa shape index (κ1) is 8.23. The van der Waals surface area contributed by atoms with Crippen molar-refractivity contribution in [2.75, 3.05) is 19.7 Å². The summed E-state index contributed by atoms with van der Waals surface area (Å²) in [6, 6.07) is 0. The molecule has 2 aliphatic rings. The van der Waals surface area contributed by atoms with Crippen LogP contribution >= 0.6 is 0 Å². The zero-order chi connectivity index (χ0) is 8.60. The minimum absolute atomic E-state index is 0.214. The Bertz CT molecular complexity index is 205. The zero-order valence-electron chi connectivity index (χ0n) is 7.38. The molecule has 0 aliphatic carbocycles. The molecule has 0 aromatic carbocycles. The van der Waals surface area contributed by atoms with Crippen molar-refractivity contribution in [2.45, 2.75) is 24.8 Å². The first-order chi connectivity index (χ1) is 5.77. The van der Waals surface area contributed by atoms with Crippen LogP contribution in [0.15, 0.2) is 12.2 Å². The quantitative estimate of drug-likeness (QED) is 0.486. The van der Waals surface area contributed by atoms with Gasteiger partial charge in [0.2, 0.25) is 0 Å². The number of fused-ring (bicyclic) bond motifs is 1. The van der Waals surface area contributed by atoms with E-state index in [1.165, 1.54) is 25.0 Å². The highest BCUT2D eigenvalue weighted by molar-refractivity contribution is 5.17. The lowest BCUT2D eigenvalue weighted by molar-refractivity contribution is 0.0353. The molecule has 2 saturated heterocycles. The first-order valence-electron chi connectivity index (χ1n) is 4.50. The highest BCUT2D eigenvalue weighted by Crippen LogP contribution is 2.40. The first-order valence-corrected chi connectivity index (χ1v) is 4.50. The minimum Gasteiger partial charge on any atom is -0.303 e. The van der Waals surface area contributed by atoms with Crippen LogP contribution in [0.1, 0.15) is 19.3 Å². The Labute approximate surface area is 73.1 Å². The average Bonchev–Trinajstić information content (AvgIpc) is 2.44. The van der Waals surface area contributed by atoms with Crippen molar-refractivity contribution >= 4 is 0 Å². The lowest BCUT2D eigenvalue weighted by atomic mass is 9.94. The number of hydrogen-bond donors (Lipinski definition) is 1. The van der Waals surface area contributed by atoms with Gasteiger partial charge in [0.1, 0.15) is 0 Å². The lowest BCUT2D eigenvalue weighted by Crippen LogP contribution is -2.43. The topological polar surface area (TPSA) is 38.5 Å². The maximum Gasteiger partial charge on any atom is 0.0866 e. The molecule has 3 heteroatoms. The molecule has 0 aromatic heterocycles. The van der Waals surface area contributed by atoms with Crippen LogP contribution in [0.25, 0.3) is 0 Å². The van der Waals surface area contributed by atoms with Gasteiger partial charge in [0, 0.05) is 6.54 Å². The predicted molar refractivity (Wildman–Crippen MR) is 47.4 cm³/mol. The smallest absolute Gasteiger partial charge is 0.0866 e. The van der Waals surface area contributed by atoms with Crippen molar-refractivity contribution in [1.29, 1.82) is 0 Å². The van der Waals surface area contributed by atoms with Crippen molar-refractivity contribution in [1.82, 2.24) is 4.90 Å². The predicted octanol–water partition coefficient (Wildman–Crippen LogP) is 0.671. The minimum atomic E-state index is 0.214. The van der Waals surface area contributed by atoms with Crippen LogP contribution in [0.4, 0.5) is 0 Å². The van der Waals surface area contributed by atoms with Gasteiger partial charge in [0.05, 0.1) is 12.1 Å². The molecule has 1 unspecified atom stereocenters. The maximum atomic E-state index is 5.15. The Morgan fingerprint density at radius 2 is 2.50 bits per heavy atom. The molecule has 0 saturated carbocycles. The second-order valence-electron chi connectivity index (χ2n) is 3.99. The molecular weight excluding hydrogens is 152 g/mol. The Balaban J connectivity index is 2.14. The normalized spacial score (nSPS) is 35.9. The molecule has 68 valence electrons. The number of nitrogens with two attached hydrogens (primary N) is 1. The summed E-state index contributed by atoms with van der Waals surface area (Å²) in [5.74, 6) is 5.15. The van der Waals surface area contributed by atoms with Gasteiger partial charge in [-0.2, -0.15) is 0 Å². The molecule has 0 aromatic rings. The summed E-state index contributed by atoms with van der Waals surface area (Å²) in [7, 11) is 0. The van der Waals surface area contributed by atoms with E-state index in [1.54, 1.807) is 0 Å². The zero-order valence-corrected chi connectivity index (χ0v) is 7.38. The third-order valence-electron chi connectivity index (χ3n) is 3.09. The van der Waals surface area contributed by atoms with Crippen LogP contribution in [0, 0.1) is 0 Å². The van der Waals surface area contributed by atoms with E-state index in [1.807, 2.05) is 0 Å². The van der Waals surface area contributed by atoms with Gasteiger partial charge in [-0.05, 0) is 25.8 Å². The van der Waals surface area contributed by atoms with Crippen molar-refractivity contribution in [3.05, 3.63) is 12.2 Å². The fraction of sp³-hybridized carbons (Fsp3) is 0.778. The Kier molecular flexibility index (Phi) is 1.94. The summed E-state index contributed by atoms with van der Waals surface area (Å²) in [4.78, 5) is 7.26. The van der Waals surface area contributed by atoms with Gasteiger partial charge >= 0.3 is 0 Å². The monoisotopic (exact) mass is 168 g/mol. The van der Waals surface area contributed by atoms with Crippen molar-refractivity contribution in [3.8, 4) is 0 Å². The molecule has 0 spiro atoms. The molecule has 0 amide bonds. The molecule has 1 atom stereocenters. The van der Waals surface area contributed by atoms with E-state index >= 15 is 0 Å². The number of rotatable bonds is 2. The average molecular weight is 168 g/mol. The second-order valence-corrected chi connectivity index (χ2v) is 3.99.